The molecule has 1 atom stereocenters. The van der Waals surface area contributed by atoms with E-state index in [4.69, 9.17) is 28.2 Å². The van der Waals surface area contributed by atoms with Crippen molar-refractivity contribution < 1.29 is 4.79 Å². The van der Waals surface area contributed by atoms with Gasteiger partial charge >= 0.3 is 0 Å². The summed E-state index contributed by atoms with van der Waals surface area (Å²) in [6, 6.07) is 19.7. The summed E-state index contributed by atoms with van der Waals surface area (Å²) >= 11 is 13.4. The zero-order valence-electron chi connectivity index (χ0n) is 17.3. The van der Waals surface area contributed by atoms with Gasteiger partial charge in [0.1, 0.15) is 11.1 Å². The number of thioether (sulfide) groups is 1. The number of aromatic nitrogens is 1. The fraction of sp³-hybridized carbons (Fsp3) is 0.240. The quantitative estimate of drug-likeness (QED) is 0.400. The molecule has 0 spiro atoms. The topological polar surface area (TPSA) is 65.8 Å². The van der Waals surface area contributed by atoms with Crippen molar-refractivity contribution in [3.8, 4) is 6.07 Å². The highest BCUT2D eigenvalue weighted by Gasteiger charge is 2.23. The molecule has 1 aliphatic rings. The van der Waals surface area contributed by atoms with Crippen LogP contribution in [0.1, 0.15) is 41.1 Å². The van der Waals surface area contributed by atoms with Gasteiger partial charge < -0.3 is 5.32 Å². The fourth-order valence-electron chi connectivity index (χ4n) is 3.94. The number of hydrogen-bond acceptors (Lipinski definition) is 4. The third-order valence-corrected chi connectivity index (χ3v) is 6.89. The Kier molecular flexibility index (Phi) is 7.36. The van der Waals surface area contributed by atoms with Crippen LogP contribution >= 0.6 is 35.0 Å². The third kappa shape index (κ3) is 5.63. The molecule has 2 aromatic carbocycles. The summed E-state index contributed by atoms with van der Waals surface area (Å²) in [7, 11) is 0. The number of aryl methyl sites for hydroxylation is 1. The molecule has 1 heterocycles. The molecule has 3 aromatic rings. The number of pyridine rings is 1. The van der Waals surface area contributed by atoms with Crippen molar-refractivity contribution in [2.75, 3.05) is 11.1 Å². The molecule has 0 saturated heterocycles. The molecule has 1 aromatic heterocycles. The van der Waals surface area contributed by atoms with Gasteiger partial charge in [-0.25, -0.2) is 4.98 Å². The van der Waals surface area contributed by atoms with Gasteiger partial charge in [-0.05, 0) is 60.6 Å². The van der Waals surface area contributed by atoms with E-state index in [-0.39, 0.29) is 12.3 Å². The molecule has 0 radical (unpaired) electrons. The van der Waals surface area contributed by atoms with Gasteiger partial charge in [0.25, 0.3) is 0 Å². The number of benzene rings is 2. The molecule has 1 amide bonds. The number of anilines is 1. The molecule has 0 bridgehead atoms. The number of carbonyl (C=O) groups is 1. The number of nitrogens with zero attached hydrogens (tertiary/aromatic N) is 2. The zero-order valence-corrected chi connectivity index (χ0v) is 19.6. The maximum atomic E-state index is 12.3. The average molecular weight is 482 g/mol. The maximum absolute atomic E-state index is 12.3. The molecule has 162 valence electrons. The Balaban J connectivity index is 1.38. The number of halogens is 2. The van der Waals surface area contributed by atoms with Gasteiger partial charge in [-0.15, -0.1) is 11.8 Å². The Bertz CT molecular complexity index is 1160. The first kappa shape index (κ1) is 22.7. The first-order valence-electron chi connectivity index (χ1n) is 10.4. The van der Waals surface area contributed by atoms with Crippen LogP contribution in [-0.4, -0.2) is 16.6 Å². The SMILES string of the molecule is N#Cc1cc2c(nc1SCCC(=O)Nc1cc(Cl)cc(Cl)c1)CCC(c1ccccc1)C2. The number of nitriles is 1. The van der Waals surface area contributed by atoms with Crippen molar-refractivity contribution in [1.29, 1.82) is 5.26 Å². The predicted octanol–water partition coefficient (Wildman–Crippen LogP) is 6.65. The minimum absolute atomic E-state index is 0.141. The first-order valence-corrected chi connectivity index (χ1v) is 12.1. The van der Waals surface area contributed by atoms with E-state index in [0.717, 1.165) is 30.5 Å². The van der Waals surface area contributed by atoms with Crippen LogP contribution in [0.5, 0.6) is 0 Å². The van der Waals surface area contributed by atoms with Crippen LogP contribution in [0.4, 0.5) is 5.69 Å². The molecule has 0 fully saturated rings. The lowest BCUT2D eigenvalue weighted by atomic mass is 9.82. The molecule has 4 nitrogen and oxygen atoms in total. The number of hydrogen-bond donors (Lipinski definition) is 1. The van der Waals surface area contributed by atoms with E-state index >= 15 is 0 Å². The van der Waals surface area contributed by atoms with Crippen LogP contribution in [0, 0.1) is 11.3 Å². The molecule has 1 aliphatic carbocycles. The van der Waals surface area contributed by atoms with Crippen LogP contribution in [0.15, 0.2) is 59.6 Å². The van der Waals surface area contributed by atoms with Crippen LogP contribution in [-0.2, 0) is 17.6 Å². The van der Waals surface area contributed by atoms with Crippen LogP contribution in [0.3, 0.4) is 0 Å². The Labute approximate surface area is 202 Å². The summed E-state index contributed by atoms with van der Waals surface area (Å²) in [6.45, 7) is 0. The van der Waals surface area contributed by atoms with Crippen molar-refractivity contribution in [3.63, 3.8) is 0 Å². The van der Waals surface area contributed by atoms with Gasteiger partial charge in [-0.1, -0.05) is 53.5 Å². The second-order valence-electron chi connectivity index (χ2n) is 7.71. The lowest BCUT2D eigenvalue weighted by Crippen LogP contribution is -2.15. The van der Waals surface area contributed by atoms with Gasteiger partial charge in [0.15, 0.2) is 0 Å². The molecule has 1 N–H and O–H groups in total. The van der Waals surface area contributed by atoms with Crippen LogP contribution in [0.2, 0.25) is 10.0 Å². The number of amides is 1. The minimum atomic E-state index is -0.141. The highest BCUT2D eigenvalue weighted by molar-refractivity contribution is 7.99. The number of rotatable bonds is 6. The lowest BCUT2D eigenvalue weighted by Gasteiger charge is -2.25. The van der Waals surface area contributed by atoms with E-state index in [1.165, 1.54) is 17.3 Å². The molecular formula is C25H21Cl2N3OS. The summed E-state index contributed by atoms with van der Waals surface area (Å²) in [4.78, 5) is 17.1. The average Bonchev–Trinajstić information content (AvgIpc) is 2.78. The molecule has 7 heteroatoms. The summed E-state index contributed by atoms with van der Waals surface area (Å²) in [5, 5.41) is 14.1. The predicted molar refractivity (Wildman–Crippen MR) is 131 cm³/mol. The number of fused-ring (bicyclic) bond motifs is 1. The van der Waals surface area contributed by atoms with Crippen molar-refractivity contribution in [2.24, 2.45) is 0 Å². The largest absolute Gasteiger partial charge is 0.326 e. The smallest absolute Gasteiger partial charge is 0.225 e. The maximum Gasteiger partial charge on any atom is 0.225 e. The van der Waals surface area contributed by atoms with Crippen molar-refractivity contribution in [2.45, 2.75) is 36.6 Å². The van der Waals surface area contributed by atoms with E-state index in [9.17, 15) is 10.1 Å². The second-order valence-corrected chi connectivity index (χ2v) is 9.67. The van der Waals surface area contributed by atoms with E-state index in [2.05, 4.69) is 35.7 Å². The molecular weight excluding hydrogens is 461 g/mol. The minimum Gasteiger partial charge on any atom is -0.326 e. The molecule has 32 heavy (non-hydrogen) atoms. The van der Waals surface area contributed by atoms with Crippen molar-refractivity contribution >= 4 is 46.6 Å². The molecule has 0 aliphatic heterocycles. The molecule has 0 saturated carbocycles. The number of nitrogens with one attached hydrogen (secondary N) is 1. The van der Waals surface area contributed by atoms with Gasteiger partial charge in [0.05, 0.1) is 5.56 Å². The van der Waals surface area contributed by atoms with Gasteiger partial charge in [0, 0.05) is 33.6 Å². The lowest BCUT2D eigenvalue weighted by molar-refractivity contribution is -0.115. The Morgan fingerprint density at radius 3 is 2.62 bits per heavy atom. The van der Waals surface area contributed by atoms with Crippen LogP contribution in [0.25, 0.3) is 0 Å². The summed E-state index contributed by atoms with van der Waals surface area (Å²) in [6.07, 6.45) is 3.12. The second kappa shape index (κ2) is 10.4. The number of carbonyl (C=O) groups excluding carboxylic acids is 1. The van der Waals surface area contributed by atoms with Gasteiger partial charge in [-0.3, -0.25) is 4.79 Å². The monoisotopic (exact) mass is 481 g/mol. The van der Waals surface area contributed by atoms with Crippen molar-refractivity contribution in [1.82, 2.24) is 4.98 Å². The molecule has 4 rings (SSSR count). The Hall–Kier alpha value is -2.52. The summed E-state index contributed by atoms with van der Waals surface area (Å²) in [5.41, 5.74) is 4.69. The van der Waals surface area contributed by atoms with E-state index in [1.54, 1.807) is 18.2 Å². The fourth-order valence-corrected chi connectivity index (χ4v) is 5.38. The zero-order chi connectivity index (χ0) is 22.5. The van der Waals surface area contributed by atoms with Crippen LogP contribution < -0.4 is 5.32 Å². The Morgan fingerprint density at radius 2 is 1.91 bits per heavy atom. The van der Waals surface area contributed by atoms with Gasteiger partial charge in [0.2, 0.25) is 5.91 Å². The summed E-state index contributed by atoms with van der Waals surface area (Å²) in [5.74, 6) is 0.838. The van der Waals surface area contributed by atoms with E-state index in [1.807, 2.05) is 12.1 Å². The molecule has 1 unspecified atom stereocenters. The van der Waals surface area contributed by atoms with Gasteiger partial charge in [-0.2, -0.15) is 5.26 Å². The summed E-state index contributed by atoms with van der Waals surface area (Å²) < 4.78 is 0. The first-order chi connectivity index (χ1) is 15.5. The third-order valence-electron chi connectivity index (χ3n) is 5.46. The van der Waals surface area contributed by atoms with E-state index < -0.39 is 0 Å². The highest BCUT2D eigenvalue weighted by Crippen LogP contribution is 2.34. The van der Waals surface area contributed by atoms with E-state index in [0.29, 0.717) is 38.0 Å². The normalized spacial score (nSPS) is 15.0. The highest BCUT2D eigenvalue weighted by atomic mass is 35.5. The standard InChI is InChI=1S/C25H21Cl2N3OS/c26-20-12-21(27)14-22(13-20)29-24(31)8-9-32-25-19(15-28)11-18-10-17(6-7-23(18)30-25)16-4-2-1-3-5-16/h1-5,11-14,17H,6-10H2,(H,29,31). The van der Waals surface area contributed by atoms with Crippen molar-refractivity contribution in [3.05, 3.63) is 87.0 Å². The Morgan fingerprint density at radius 1 is 1.16 bits per heavy atom.